The van der Waals surface area contributed by atoms with Crippen molar-refractivity contribution in [1.29, 1.82) is 0 Å². The first-order valence-electron chi connectivity index (χ1n) is 12.5. The average molecular weight is 535 g/mol. The Morgan fingerprint density at radius 1 is 0.949 bits per heavy atom. The van der Waals surface area contributed by atoms with Crippen LogP contribution in [0.1, 0.15) is 23.1 Å². The molecule has 2 aliphatic heterocycles. The van der Waals surface area contributed by atoms with Crippen molar-refractivity contribution < 1.29 is 9.15 Å². The van der Waals surface area contributed by atoms with Crippen LogP contribution in [0.3, 0.4) is 0 Å². The van der Waals surface area contributed by atoms with Crippen LogP contribution in [0.25, 0.3) is 5.69 Å². The number of halogens is 1. The molecule has 0 aliphatic carbocycles. The molecule has 2 aromatic heterocycles. The lowest BCUT2D eigenvalue weighted by atomic mass is 9.98. The number of nitrogens with one attached hydrogen (secondary N) is 1. The highest BCUT2D eigenvalue weighted by atomic mass is 35.5. The average Bonchev–Trinajstić information content (AvgIpc) is 3.61. The fourth-order valence-corrected chi connectivity index (χ4v) is 5.40. The lowest BCUT2D eigenvalue weighted by Gasteiger charge is -2.39. The minimum atomic E-state index is -0.312. The van der Waals surface area contributed by atoms with Crippen molar-refractivity contribution in [3.63, 3.8) is 0 Å². The van der Waals surface area contributed by atoms with Crippen molar-refractivity contribution in [2.75, 3.05) is 17.3 Å². The van der Waals surface area contributed by atoms with E-state index < -0.39 is 0 Å². The van der Waals surface area contributed by atoms with E-state index in [9.17, 15) is 0 Å². The van der Waals surface area contributed by atoms with Crippen LogP contribution < -0.4 is 15.0 Å². The lowest BCUT2D eigenvalue weighted by Crippen LogP contribution is -2.46. The smallest absolute Gasteiger partial charge is 0.179 e. The SMILES string of the molecule is COc1ccc(NC2=Nc3ccccc3N3C2=Nc2c(c(C)nn2-c2ccccc2)[C@H]3c2ccco2)cc1Cl. The van der Waals surface area contributed by atoms with Crippen LogP contribution in [0.4, 0.5) is 22.9 Å². The third-order valence-electron chi connectivity index (χ3n) is 6.87. The summed E-state index contributed by atoms with van der Waals surface area (Å²) in [4.78, 5) is 12.4. The molecule has 2 aliphatic rings. The zero-order valence-electron chi connectivity index (χ0n) is 21.2. The normalized spacial score (nSPS) is 15.6. The van der Waals surface area contributed by atoms with Gasteiger partial charge >= 0.3 is 0 Å². The van der Waals surface area contributed by atoms with Gasteiger partial charge in [-0.05, 0) is 61.5 Å². The Kier molecular flexibility index (Phi) is 5.49. The van der Waals surface area contributed by atoms with Gasteiger partial charge < -0.3 is 19.4 Å². The van der Waals surface area contributed by atoms with Gasteiger partial charge in [0.1, 0.15) is 17.6 Å². The van der Waals surface area contributed by atoms with Gasteiger partial charge in [0.25, 0.3) is 0 Å². The number of amidine groups is 2. The molecule has 0 saturated heterocycles. The summed E-state index contributed by atoms with van der Waals surface area (Å²) in [6, 6.07) is 27.1. The van der Waals surface area contributed by atoms with Crippen molar-refractivity contribution >= 4 is 46.2 Å². The summed E-state index contributed by atoms with van der Waals surface area (Å²) in [6.45, 7) is 2.01. The van der Waals surface area contributed by atoms with E-state index in [-0.39, 0.29) is 6.04 Å². The third-order valence-corrected chi connectivity index (χ3v) is 7.16. The number of aryl methyl sites for hydroxylation is 1. The highest BCUT2D eigenvalue weighted by molar-refractivity contribution is 6.51. The first-order valence-corrected chi connectivity index (χ1v) is 12.8. The zero-order chi connectivity index (χ0) is 26.5. The van der Waals surface area contributed by atoms with E-state index >= 15 is 0 Å². The van der Waals surface area contributed by atoms with Gasteiger partial charge in [0.05, 0.1) is 46.7 Å². The summed E-state index contributed by atoms with van der Waals surface area (Å²) < 4.78 is 13.2. The quantitative estimate of drug-likeness (QED) is 0.263. The topological polar surface area (TPSA) is 80.2 Å². The van der Waals surface area contributed by atoms with Crippen LogP contribution in [0.15, 0.2) is 106 Å². The van der Waals surface area contributed by atoms with Gasteiger partial charge in [-0.15, -0.1) is 0 Å². The maximum Gasteiger partial charge on any atom is 0.179 e. The lowest BCUT2D eigenvalue weighted by molar-refractivity contribution is 0.415. The molecule has 0 saturated carbocycles. The van der Waals surface area contributed by atoms with Crippen LogP contribution in [-0.2, 0) is 0 Å². The number of ether oxygens (including phenoxy) is 1. The summed E-state index contributed by atoms with van der Waals surface area (Å²) in [5.41, 5.74) is 5.26. The summed E-state index contributed by atoms with van der Waals surface area (Å²) in [5.74, 6) is 3.33. The number of hydrogen-bond acceptors (Lipinski definition) is 7. The Labute approximate surface area is 229 Å². The van der Waals surface area contributed by atoms with Crippen LogP contribution in [0.5, 0.6) is 5.75 Å². The number of fused-ring (bicyclic) bond motifs is 4. The van der Waals surface area contributed by atoms with Crippen LogP contribution >= 0.6 is 11.6 Å². The first kappa shape index (κ1) is 23.3. The van der Waals surface area contributed by atoms with E-state index in [1.165, 1.54) is 0 Å². The summed E-state index contributed by atoms with van der Waals surface area (Å²) in [6.07, 6.45) is 1.69. The second-order valence-electron chi connectivity index (χ2n) is 9.22. The van der Waals surface area contributed by atoms with Gasteiger partial charge in [-0.25, -0.2) is 14.7 Å². The van der Waals surface area contributed by atoms with Gasteiger partial charge in [-0.3, -0.25) is 0 Å². The minimum absolute atomic E-state index is 0.312. The predicted molar refractivity (Wildman–Crippen MR) is 154 cm³/mol. The second-order valence-corrected chi connectivity index (χ2v) is 9.62. The molecule has 7 rings (SSSR count). The number of para-hydroxylation sites is 3. The highest BCUT2D eigenvalue weighted by Crippen LogP contribution is 2.48. The molecule has 39 heavy (non-hydrogen) atoms. The molecule has 0 unspecified atom stereocenters. The summed E-state index contributed by atoms with van der Waals surface area (Å²) >= 11 is 6.45. The number of nitrogens with zero attached hydrogens (tertiary/aromatic N) is 5. The number of furan rings is 1. The molecule has 1 atom stereocenters. The predicted octanol–water partition coefficient (Wildman–Crippen LogP) is 7.23. The van der Waals surface area contributed by atoms with E-state index in [1.54, 1.807) is 13.4 Å². The Morgan fingerprint density at radius 3 is 2.54 bits per heavy atom. The molecule has 9 heteroatoms. The van der Waals surface area contributed by atoms with Gasteiger partial charge in [0.2, 0.25) is 0 Å². The van der Waals surface area contributed by atoms with Crippen molar-refractivity contribution in [3.8, 4) is 11.4 Å². The van der Waals surface area contributed by atoms with Gasteiger partial charge in [-0.1, -0.05) is 41.9 Å². The highest BCUT2D eigenvalue weighted by Gasteiger charge is 2.42. The van der Waals surface area contributed by atoms with E-state index in [1.807, 2.05) is 96.5 Å². The maximum absolute atomic E-state index is 6.45. The summed E-state index contributed by atoms with van der Waals surface area (Å²) in [5, 5.41) is 8.87. The van der Waals surface area contributed by atoms with E-state index in [0.717, 1.165) is 45.6 Å². The minimum Gasteiger partial charge on any atom is -0.495 e. The third kappa shape index (κ3) is 3.80. The fourth-order valence-electron chi connectivity index (χ4n) is 5.14. The number of aliphatic imine (C=N–C) groups is 2. The Balaban J connectivity index is 1.46. The van der Waals surface area contributed by atoms with Crippen molar-refractivity contribution in [3.05, 3.63) is 113 Å². The number of rotatable bonds is 4. The number of methoxy groups -OCH3 is 1. The maximum atomic E-state index is 6.45. The van der Waals surface area contributed by atoms with Crippen LogP contribution in [0, 0.1) is 6.92 Å². The molecular formula is C30H23ClN6O2. The van der Waals surface area contributed by atoms with Gasteiger partial charge in [0.15, 0.2) is 17.5 Å². The molecule has 0 bridgehead atoms. The number of aromatic nitrogens is 2. The van der Waals surface area contributed by atoms with Crippen LogP contribution in [0.2, 0.25) is 5.02 Å². The second kappa shape index (κ2) is 9.18. The van der Waals surface area contributed by atoms with Crippen LogP contribution in [-0.4, -0.2) is 28.6 Å². The Hall–Kier alpha value is -4.82. The molecule has 0 amide bonds. The van der Waals surface area contributed by atoms with E-state index in [4.69, 9.17) is 35.8 Å². The monoisotopic (exact) mass is 534 g/mol. The van der Waals surface area contributed by atoms with Gasteiger partial charge in [-0.2, -0.15) is 5.10 Å². The van der Waals surface area contributed by atoms with E-state index in [2.05, 4.69) is 10.2 Å². The molecule has 8 nitrogen and oxygen atoms in total. The van der Waals surface area contributed by atoms with Crippen molar-refractivity contribution in [1.82, 2.24) is 9.78 Å². The molecule has 5 aromatic rings. The molecule has 4 heterocycles. The van der Waals surface area contributed by atoms with Gasteiger partial charge in [0, 0.05) is 5.69 Å². The first-order chi connectivity index (χ1) is 19.1. The number of hydrogen-bond donors (Lipinski definition) is 1. The Morgan fingerprint density at radius 2 is 1.77 bits per heavy atom. The molecule has 1 N–H and O–H groups in total. The molecule has 192 valence electrons. The van der Waals surface area contributed by atoms with Crippen molar-refractivity contribution in [2.24, 2.45) is 9.98 Å². The molecular weight excluding hydrogens is 512 g/mol. The molecule has 3 aromatic carbocycles. The largest absolute Gasteiger partial charge is 0.495 e. The van der Waals surface area contributed by atoms with E-state index in [0.29, 0.717) is 22.4 Å². The molecule has 0 fully saturated rings. The zero-order valence-corrected chi connectivity index (χ0v) is 21.9. The molecule has 0 radical (unpaired) electrons. The molecule has 0 spiro atoms. The van der Waals surface area contributed by atoms with Crippen molar-refractivity contribution in [2.45, 2.75) is 13.0 Å². The number of benzene rings is 3. The fraction of sp³-hybridized carbons (Fsp3) is 0.100. The Bertz CT molecular complexity index is 1760. The number of anilines is 2. The standard InChI is InChI=1S/C30H23ClN6O2/c1-18-26-27(25-13-8-16-39-25)36-23-12-7-6-11-22(23)33-28(32-19-14-15-24(38-2)21(31)17-19)30(36)34-29(26)37(35-18)20-9-4-3-5-10-20/h3-17,27H,1-2H3,(H,32,33)/t27-/m1/s1. The summed E-state index contributed by atoms with van der Waals surface area (Å²) in [7, 11) is 1.59.